The lowest BCUT2D eigenvalue weighted by molar-refractivity contribution is -0.165. The lowest BCUT2D eigenvalue weighted by Gasteiger charge is -2.47. The molecule has 11 heteroatoms. The molecule has 42 heavy (non-hydrogen) atoms. The maximum Gasteiger partial charge on any atom is 0.310 e. The van der Waals surface area contributed by atoms with Crippen molar-refractivity contribution in [2.24, 2.45) is 0 Å². The average molecular weight is 575 g/mol. The Labute approximate surface area is 243 Å². The highest BCUT2D eigenvalue weighted by atomic mass is 16.7. The number of nitrogens with zero attached hydrogens (tertiary/aromatic N) is 2. The number of amides is 4. The molecule has 0 aliphatic carbocycles. The first kappa shape index (κ1) is 29.0. The predicted octanol–water partition coefficient (Wildman–Crippen LogP) is 1.65. The molecule has 0 aromatic heterocycles. The number of hydrogen-bond donors (Lipinski definition) is 2. The number of esters is 1. The molecule has 3 heterocycles. The summed E-state index contributed by atoms with van der Waals surface area (Å²) in [6.45, 7) is 2.17. The van der Waals surface area contributed by atoms with Gasteiger partial charge in [-0.25, -0.2) is 0 Å². The van der Waals surface area contributed by atoms with E-state index in [9.17, 15) is 24.0 Å². The maximum absolute atomic E-state index is 14.1. The Hall–Kier alpha value is -4.51. The maximum atomic E-state index is 14.1. The van der Waals surface area contributed by atoms with Crippen molar-refractivity contribution in [1.29, 1.82) is 0 Å². The fourth-order valence-electron chi connectivity index (χ4n) is 5.59. The van der Waals surface area contributed by atoms with Gasteiger partial charge in [-0.2, -0.15) is 0 Å². The highest BCUT2D eigenvalue weighted by Gasteiger charge is 2.46. The van der Waals surface area contributed by atoms with Gasteiger partial charge in [0.25, 0.3) is 11.8 Å². The molecular formula is C31H34N4O7. The van der Waals surface area contributed by atoms with Crippen LogP contribution in [0.4, 0.5) is 0 Å². The molecule has 2 saturated heterocycles. The summed E-state index contributed by atoms with van der Waals surface area (Å²) in [5.74, 6) is -2.12. The second-order valence-corrected chi connectivity index (χ2v) is 10.5. The monoisotopic (exact) mass is 574 g/mol. The number of hydrogen-bond acceptors (Lipinski definition) is 7. The molecule has 2 aromatic rings. The van der Waals surface area contributed by atoms with Crippen molar-refractivity contribution in [1.82, 2.24) is 20.4 Å². The van der Waals surface area contributed by atoms with Gasteiger partial charge in [0.15, 0.2) is 0 Å². The molecule has 2 fully saturated rings. The van der Waals surface area contributed by atoms with Gasteiger partial charge in [-0.05, 0) is 44.0 Å². The van der Waals surface area contributed by atoms with Crippen LogP contribution in [0, 0.1) is 0 Å². The number of carbonyl (C=O) groups excluding carboxylic acids is 5. The van der Waals surface area contributed by atoms with Gasteiger partial charge in [0.1, 0.15) is 18.1 Å². The lowest BCUT2D eigenvalue weighted by Crippen LogP contribution is -2.68. The van der Waals surface area contributed by atoms with Crippen molar-refractivity contribution in [2.75, 3.05) is 19.7 Å². The Balaban J connectivity index is 1.43. The summed E-state index contributed by atoms with van der Waals surface area (Å²) in [5.41, 5.74) is 0.880. The molecule has 0 spiro atoms. The zero-order chi connectivity index (χ0) is 29.6. The molecule has 5 rings (SSSR count). The van der Waals surface area contributed by atoms with Crippen LogP contribution in [0.1, 0.15) is 46.9 Å². The smallest absolute Gasteiger partial charge is 0.310 e. The summed E-state index contributed by atoms with van der Waals surface area (Å²) < 4.78 is 10.7. The van der Waals surface area contributed by atoms with Gasteiger partial charge in [-0.15, -0.1) is 0 Å². The predicted molar refractivity (Wildman–Crippen MR) is 151 cm³/mol. The number of nitrogens with one attached hydrogen (secondary N) is 2. The molecule has 11 nitrogen and oxygen atoms in total. The molecule has 2 unspecified atom stereocenters. The topological polar surface area (TPSA) is 134 Å². The number of fused-ring (bicyclic) bond motifs is 1. The second kappa shape index (κ2) is 13.0. The molecule has 0 saturated carbocycles. The highest BCUT2D eigenvalue weighted by molar-refractivity contribution is 5.99. The Bertz CT molecular complexity index is 1350. The number of piperazine rings is 1. The van der Waals surface area contributed by atoms with Crippen molar-refractivity contribution >= 4 is 29.6 Å². The minimum atomic E-state index is -1.08. The molecule has 0 radical (unpaired) electrons. The van der Waals surface area contributed by atoms with Crippen LogP contribution in [-0.4, -0.2) is 89.6 Å². The van der Waals surface area contributed by atoms with Crippen molar-refractivity contribution in [2.45, 2.75) is 56.6 Å². The summed E-state index contributed by atoms with van der Waals surface area (Å²) >= 11 is 0. The third-order valence-corrected chi connectivity index (χ3v) is 7.63. The van der Waals surface area contributed by atoms with Crippen molar-refractivity contribution in [3.63, 3.8) is 0 Å². The molecular weight excluding hydrogens is 540 g/mol. The normalized spacial score (nSPS) is 26.4. The number of rotatable bonds is 7. The summed E-state index contributed by atoms with van der Waals surface area (Å²) in [6, 6.07) is 14.1. The van der Waals surface area contributed by atoms with Crippen LogP contribution < -0.4 is 10.6 Å². The lowest BCUT2D eigenvalue weighted by atomic mass is 9.96. The molecule has 2 aromatic carbocycles. The Kier molecular flexibility index (Phi) is 8.97. The Morgan fingerprint density at radius 2 is 1.57 bits per heavy atom. The highest BCUT2D eigenvalue weighted by Crippen LogP contribution is 2.26. The number of ether oxygens (including phenoxy) is 2. The van der Waals surface area contributed by atoms with E-state index in [0.29, 0.717) is 17.5 Å². The van der Waals surface area contributed by atoms with Gasteiger partial charge >= 0.3 is 5.97 Å². The largest absolute Gasteiger partial charge is 0.433 e. The zero-order valence-electron chi connectivity index (χ0n) is 23.3. The Morgan fingerprint density at radius 1 is 0.905 bits per heavy atom. The van der Waals surface area contributed by atoms with Gasteiger partial charge in [-0.3, -0.25) is 24.0 Å². The number of carbonyl (C=O) groups is 5. The van der Waals surface area contributed by atoms with E-state index in [2.05, 4.69) is 10.6 Å². The van der Waals surface area contributed by atoms with Gasteiger partial charge in [0, 0.05) is 24.3 Å². The van der Waals surface area contributed by atoms with E-state index in [0.717, 1.165) is 0 Å². The van der Waals surface area contributed by atoms with Crippen LogP contribution in [0.5, 0.6) is 0 Å². The van der Waals surface area contributed by atoms with Crippen LogP contribution in [0.3, 0.4) is 0 Å². The zero-order valence-corrected chi connectivity index (χ0v) is 23.3. The first-order valence-corrected chi connectivity index (χ1v) is 14.1. The number of cyclic esters (lactones) is 1. The average Bonchev–Trinajstić information content (AvgIpc) is 3.35. The van der Waals surface area contributed by atoms with E-state index < -0.39 is 54.1 Å². The van der Waals surface area contributed by atoms with Crippen molar-refractivity contribution < 1.29 is 33.4 Å². The second-order valence-electron chi connectivity index (χ2n) is 10.5. The minimum absolute atomic E-state index is 0.0638. The van der Waals surface area contributed by atoms with E-state index in [1.54, 1.807) is 66.4 Å². The standard InChI is InChI=1S/C31H34N4O7/c1-2-41-31-24(17-26(36)42-31)33-28(38)25-19-34(29(39)21-13-7-4-8-14-21)18-22-15-9-10-16-23(30(40)35(22)25)32-27(37)20-11-5-3-6-12-20/h3-14,22-25,31H,2,15-19H2,1H3,(H,32,37)(H,33,38)/b10-9-/t22-,23-,24?,25-,31?/m0/s1. The third-order valence-electron chi connectivity index (χ3n) is 7.63. The van der Waals surface area contributed by atoms with Gasteiger partial charge in [0.2, 0.25) is 18.1 Å². The quantitative estimate of drug-likeness (QED) is 0.379. The fourth-order valence-corrected chi connectivity index (χ4v) is 5.59. The van der Waals surface area contributed by atoms with Gasteiger partial charge in [0.05, 0.1) is 19.0 Å². The molecule has 4 amide bonds. The SMILES string of the molecule is CCOC1OC(=O)CC1NC(=O)[C@@H]1CN(C(=O)c2ccccc2)C[C@@H]2C/C=C\C[C@H](NC(=O)c3ccccc3)C(=O)N21. The molecule has 3 aliphatic heterocycles. The van der Waals surface area contributed by atoms with Gasteiger partial charge in [-0.1, -0.05) is 48.6 Å². The molecule has 220 valence electrons. The van der Waals surface area contributed by atoms with Crippen LogP contribution in [0.15, 0.2) is 72.8 Å². The van der Waals surface area contributed by atoms with Crippen LogP contribution >= 0.6 is 0 Å². The molecule has 0 bridgehead atoms. The first-order valence-electron chi connectivity index (χ1n) is 14.1. The first-order chi connectivity index (χ1) is 20.4. The van der Waals surface area contributed by atoms with E-state index >= 15 is 0 Å². The van der Waals surface area contributed by atoms with E-state index in [1.165, 1.54) is 4.90 Å². The number of benzene rings is 2. The van der Waals surface area contributed by atoms with Crippen LogP contribution in [0.2, 0.25) is 0 Å². The van der Waals surface area contributed by atoms with E-state index in [4.69, 9.17) is 9.47 Å². The van der Waals surface area contributed by atoms with Crippen molar-refractivity contribution in [3.8, 4) is 0 Å². The summed E-state index contributed by atoms with van der Waals surface area (Å²) in [4.78, 5) is 69.6. The minimum Gasteiger partial charge on any atom is -0.433 e. The van der Waals surface area contributed by atoms with Gasteiger partial charge < -0.3 is 29.9 Å². The van der Waals surface area contributed by atoms with Crippen LogP contribution in [-0.2, 0) is 23.9 Å². The third kappa shape index (κ3) is 6.36. The summed E-state index contributed by atoms with van der Waals surface area (Å²) in [7, 11) is 0. The van der Waals surface area contributed by atoms with Crippen LogP contribution in [0.25, 0.3) is 0 Å². The molecule has 3 aliphatic rings. The van der Waals surface area contributed by atoms with E-state index in [1.807, 2.05) is 18.2 Å². The van der Waals surface area contributed by atoms with E-state index in [-0.39, 0.29) is 38.4 Å². The van der Waals surface area contributed by atoms with Crippen molar-refractivity contribution in [3.05, 3.63) is 83.9 Å². The Morgan fingerprint density at radius 3 is 2.26 bits per heavy atom. The summed E-state index contributed by atoms with van der Waals surface area (Å²) in [5, 5.41) is 5.67. The summed E-state index contributed by atoms with van der Waals surface area (Å²) in [6.07, 6.45) is 3.39. The fraction of sp³-hybridized carbons (Fsp3) is 0.387. The molecule has 5 atom stereocenters. The molecule has 2 N–H and O–H groups in total.